The fourth-order valence-corrected chi connectivity index (χ4v) is 2.45. The van der Waals surface area contributed by atoms with Crippen LogP contribution in [0.4, 0.5) is 0 Å². The molecule has 1 unspecified atom stereocenters. The first kappa shape index (κ1) is 19.2. The maximum atomic E-state index is 10.9. The van der Waals surface area contributed by atoms with E-state index in [-0.39, 0.29) is 12.3 Å². The topological polar surface area (TPSA) is 65.0 Å². The van der Waals surface area contributed by atoms with Gasteiger partial charge in [0.25, 0.3) is 0 Å². The van der Waals surface area contributed by atoms with Crippen LogP contribution in [-0.2, 0) is 4.79 Å². The molecule has 1 atom stereocenters. The van der Waals surface area contributed by atoms with Crippen LogP contribution in [0.25, 0.3) is 0 Å². The van der Waals surface area contributed by atoms with E-state index in [2.05, 4.69) is 11.8 Å². The molecule has 2 rings (SSSR count). The Balaban J connectivity index is 1.86. The number of hydrogen-bond donors (Lipinski definition) is 1. The molecular weight excluding hydrogens is 332 g/mol. The summed E-state index contributed by atoms with van der Waals surface area (Å²) in [5.74, 6) is 6.56. The van der Waals surface area contributed by atoms with Gasteiger partial charge in [-0.25, -0.2) is 0 Å². The third kappa shape index (κ3) is 5.75. The van der Waals surface area contributed by atoms with Gasteiger partial charge in [-0.2, -0.15) is 0 Å². The zero-order chi connectivity index (χ0) is 18.8. The van der Waals surface area contributed by atoms with Gasteiger partial charge in [-0.1, -0.05) is 30.2 Å². The maximum Gasteiger partial charge on any atom is 0.304 e. The van der Waals surface area contributed by atoms with Crippen LogP contribution in [0.2, 0.25) is 0 Å². The maximum absolute atomic E-state index is 10.9. The van der Waals surface area contributed by atoms with Gasteiger partial charge in [0.15, 0.2) is 11.5 Å². The normalized spacial score (nSPS) is 11.0. The summed E-state index contributed by atoms with van der Waals surface area (Å²) in [6.45, 7) is 2.46. The van der Waals surface area contributed by atoms with Crippen molar-refractivity contribution in [3.05, 3.63) is 54.1 Å². The van der Waals surface area contributed by atoms with Crippen LogP contribution < -0.4 is 14.2 Å². The van der Waals surface area contributed by atoms with Crippen molar-refractivity contribution in [3.63, 3.8) is 0 Å². The zero-order valence-corrected chi connectivity index (χ0v) is 14.9. The van der Waals surface area contributed by atoms with Crippen molar-refractivity contribution in [3.8, 4) is 29.1 Å². The predicted octanol–water partition coefficient (Wildman–Crippen LogP) is 3.73. The molecule has 0 heterocycles. The predicted molar refractivity (Wildman–Crippen MR) is 98.9 cm³/mol. The minimum atomic E-state index is -0.869. The van der Waals surface area contributed by atoms with Gasteiger partial charge in [0.2, 0.25) is 0 Å². The lowest BCUT2D eigenvalue weighted by molar-refractivity contribution is -0.137. The van der Waals surface area contributed by atoms with Gasteiger partial charge >= 0.3 is 5.97 Å². The molecule has 0 aliphatic rings. The summed E-state index contributed by atoms with van der Waals surface area (Å²) < 4.78 is 16.5. The quantitative estimate of drug-likeness (QED) is 0.549. The third-order valence-corrected chi connectivity index (χ3v) is 3.66. The summed E-state index contributed by atoms with van der Waals surface area (Å²) in [5.41, 5.74) is 0.861. The molecule has 0 radical (unpaired) electrons. The van der Waals surface area contributed by atoms with Crippen LogP contribution in [-0.4, -0.2) is 31.4 Å². The molecule has 0 aliphatic heterocycles. The van der Waals surface area contributed by atoms with Crippen molar-refractivity contribution in [2.45, 2.75) is 19.3 Å². The first-order valence-electron chi connectivity index (χ1n) is 8.26. The van der Waals surface area contributed by atoms with E-state index in [1.165, 1.54) is 0 Å². The smallest absolute Gasteiger partial charge is 0.304 e. The third-order valence-electron chi connectivity index (χ3n) is 3.66. The number of methoxy groups -OCH3 is 1. The first-order valence-corrected chi connectivity index (χ1v) is 8.26. The van der Waals surface area contributed by atoms with Gasteiger partial charge in [-0.15, -0.1) is 5.92 Å². The Morgan fingerprint density at radius 1 is 1.04 bits per heavy atom. The van der Waals surface area contributed by atoms with E-state index in [4.69, 9.17) is 19.3 Å². The lowest BCUT2D eigenvalue weighted by Crippen LogP contribution is -2.09. The Hall–Kier alpha value is -3.13. The second-order valence-electron chi connectivity index (χ2n) is 5.46. The number of ether oxygens (including phenoxy) is 3. The van der Waals surface area contributed by atoms with E-state index in [1.807, 2.05) is 48.5 Å². The molecule has 0 aliphatic carbocycles. The van der Waals surface area contributed by atoms with E-state index < -0.39 is 5.97 Å². The number of benzene rings is 2. The zero-order valence-electron chi connectivity index (χ0n) is 14.9. The van der Waals surface area contributed by atoms with E-state index in [0.717, 1.165) is 5.56 Å². The summed E-state index contributed by atoms with van der Waals surface area (Å²) in [6.07, 6.45) is -0.0200. The highest BCUT2D eigenvalue weighted by atomic mass is 16.5. The molecule has 0 aromatic heterocycles. The van der Waals surface area contributed by atoms with Crippen molar-refractivity contribution in [1.29, 1.82) is 0 Å². The fourth-order valence-electron chi connectivity index (χ4n) is 2.45. The van der Waals surface area contributed by atoms with Crippen molar-refractivity contribution in [1.82, 2.24) is 0 Å². The first-order chi connectivity index (χ1) is 12.6. The minimum Gasteiger partial charge on any atom is -0.493 e. The molecule has 0 fully saturated rings. The molecule has 136 valence electrons. The summed E-state index contributed by atoms with van der Waals surface area (Å²) >= 11 is 0. The van der Waals surface area contributed by atoms with Gasteiger partial charge in [0.05, 0.1) is 19.4 Å². The Morgan fingerprint density at radius 2 is 1.69 bits per heavy atom. The second kappa shape index (κ2) is 10.00. The van der Waals surface area contributed by atoms with Crippen molar-refractivity contribution >= 4 is 5.97 Å². The molecule has 26 heavy (non-hydrogen) atoms. The van der Waals surface area contributed by atoms with Crippen molar-refractivity contribution in [2.24, 2.45) is 0 Å². The highest BCUT2D eigenvalue weighted by Gasteiger charge is 2.13. The Kier molecular flexibility index (Phi) is 7.38. The van der Waals surface area contributed by atoms with E-state index in [1.54, 1.807) is 14.0 Å². The Morgan fingerprint density at radius 3 is 2.31 bits per heavy atom. The molecule has 0 saturated heterocycles. The van der Waals surface area contributed by atoms with Crippen LogP contribution in [0.1, 0.15) is 24.8 Å². The van der Waals surface area contributed by atoms with Gasteiger partial charge < -0.3 is 19.3 Å². The van der Waals surface area contributed by atoms with Gasteiger partial charge in [0.1, 0.15) is 19.0 Å². The molecule has 0 spiro atoms. The molecule has 0 saturated carbocycles. The molecule has 2 aromatic rings. The van der Waals surface area contributed by atoms with Gasteiger partial charge in [0, 0.05) is 0 Å². The number of carbonyl (C=O) groups is 1. The van der Waals surface area contributed by atoms with Crippen LogP contribution in [0.3, 0.4) is 0 Å². The second-order valence-corrected chi connectivity index (χ2v) is 5.46. The van der Waals surface area contributed by atoms with Crippen molar-refractivity contribution in [2.75, 3.05) is 20.3 Å². The number of carboxylic acids is 1. The molecule has 0 bridgehead atoms. The lowest BCUT2D eigenvalue weighted by atomic mass is 9.96. The summed E-state index contributed by atoms with van der Waals surface area (Å²) in [5, 5.41) is 8.99. The molecule has 1 N–H and O–H groups in total. The summed E-state index contributed by atoms with van der Waals surface area (Å²) in [4.78, 5) is 10.9. The number of rotatable bonds is 9. The van der Waals surface area contributed by atoms with E-state index in [0.29, 0.717) is 30.5 Å². The molecule has 2 aromatic carbocycles. The minimum absolute atomic E-state index is 0.0200. The SMILES string of the molecule is CC#CC(CC(=O)O)c1ccc(OCCOc2ccccc2OC)cc1. The summed E-state index contributed by atoms with van der Waals surface area (Å²) in [6, 6.07) is 14.7. The van der Waals surface area contributed by atoms with E-state index >= 15 is 0 Å². The average Bonchev–Trinajstić information content (AvgIpc) is 2.65. The monoisotopic (exact) mass is 354 g/mol. The number of para-hydroxylation sites is 2. The molecular formula is C21H22O5. The van der Waals surface area contributed by atoms with Crippen LogP contribution >= 0.6 is 0 Å². The molecule has 5 heteroatoms. The fraction of sp³-hybridized carbons (Fsp3) is 0.286. The standard InChI is InChI=1S/C21H22O5/c1-3-6-17(15-21(22)23)16-9-11-18(12-10-16)25-13-14-26-20-8-5-4-7-19(20)24-2/h4-5,7-12,17H,13-15H2,1-2H3,(H,22,23). The van der Waals surface area contributed by atoms with Gasteiger partial charge in [-0.3, -0.25) is 4.79 Å². The highest BCUT2D eigenvalue weighted by Crippen LogP contribution is 2.26. The number of aliphatic carboxylic acids is 1. The Bertz CT molecular complexity index is 771. The number of hydrogen-bond acceptors (Lipinski definition) is 4. The average molecular weight is 354 g/mol. The number of carboxylic acid groups (broad SMARTS) is 1. The van der Waals surface area contributed by atoms with Crippen LogP contribution in [0.5, 0.6) is 17.2 Å². The van der Waals surface area contributed by atoms with E-state index in [9.17, 15) is 4.79 Å². The Labute approximate surface area is 153 Å². The largest absolute Gasteiger partial charge is 0.493 e. The highest BCUT2D eigenvalue weighted by molar-refractivity contribution is 5.69. The van der Waals surface area contributed by atoms with Gasteiger partial charge in [-0.05, 0) is 36.8 Å². The van der Waals surface area contributed by atoms with Crippen molar-refractivity contribution < 1.29 is 24.1 Å². The molecule has 5 nitrogen and oxygen atoms in total. The molecule has 0 amide bonds. The van der Waals surface area contributed by atoms with Crippen LogP contribution in [0, 0.1) is 11.8 Å². The lowest BCUT2D eigenvalue weighted by Gasteiger charge is -2.12. The summed E-state index contributed by atoms with van der Waals surface area (Å²) in [7, 11) is 1.60. The van der Waals surface area contributed by atoms with Crippen LogP contribution in [0.15, 0.2) is 48.5 Å².